The number of nitrogens with two attached hydrogens (primary N) is 1. The Bertz CT molecular complexity index is 471. The van der Waals surface area contributed by atoms with Gasteiger partial charge in [-0.3, -0.25) is 4.79 Å². The van der Waals surface area contributed by atoms with Crippen LogP contribution in [-0.2, 0) is 9.53 Å². The summed E-state index contributed by atoms with van der Waals surface area (Å²) in [6.07, 6.45) is -0.0660. The number of hydrogen-bond donors (Lipinski definition) is 1. The lowest BCUT2D eigenvalue weighted by Crippen LogP contribution is -2.49. The SMILES string of the molecule is Cc1cc(C)c(N2CC(CN)OCC2=O)cc1C. The topological polar surface area (TPSA) is 55.6 Å². The van der Waals surface area contributed by atoms with Gasteiger partial charge in [-0.25, -0.2) is 0 Å². The van der Waals surface area contributed by atoms with Gasteiger partial charge < -0.3 is 15.4 Å². The molecule has 98 valence electrons. The predicted octanol–water partition coefficient (Wildman–Crippen LogP) is 1.30. The van der Waals surface area contributed by atoms with Crippen molar-refractivity contribution < 1.29 is 9.53 Å². The molecular formula is C14H20N2O2. The molecule has 1 saturated heterocycles. The highest BCUT2D eigenvalue weighted by atomic mass is 16.5. The monoisotopic (exact) mass is 248 g/mol. The maximum Gasteiger partial charge on any atom is 0.253 e. The number of hydrogen-bond acceptors (Lipinski definition) is 3. The first-order valence-electron chi connectivity index (χ1n) is 6.22. The predicted molar refractivity (Wildman–Crippen MR) is 71.8 cm³/mol. The van der Waals surface area contributed by atoms with Crippen LogP contribution in [0.1, 0.15) is 16.7 Å². The molecule has 1 amide bonds. The summed E-state index contributed by atoms with van der Waals surface area (Å²) in [5, 5.41) is 0. The first-order chi connectivity index (χ1) is 8.52. The minimum atomic E-state index is -0.0660. The summed E-state index contributed by atoms with van der Waals surface area (Å²) >= 11 is 0. The van der Waals surface area contributed by atoms with Crippen LogP contribution in [0.15, 0.2) is 12.1 Å². The van der Waals surface area contributed by atoms with E-state index in [1.807, 2.05) is 6.92 Å². The van der Waals surface area contributed by atoms with Crippen molar-refractivity contribution in [3.63, 3.8) is 0 Å². The Morgan fingerprint density at radius 2 is 1.94 bits per heavy atom. The summed E-state index contributed by atoms with van der Waals surface area (Å²) in [7, 11) is 0. The molecule has 1 fully saturated rings. The Morgan fingerprint density at radius 3 is 2.61 bits per heavy atom. The molecule has 2 rings (SSSR count). The molecule has 1 aliphatic rings. The minimum absolute atomic E-state index is 0.00560. The number of carbonyl (C=O) groups is 1. The Balaban J connectivity index is 2.34. The van der Waals surface area contributed by atoms with E-state index in [4.69, 9.17) is 10.5 Å². The zero-order valence-corrected chi connectivity index (χ0v) is 11.2. The molecule has 0 aliphatic carbocycles. The summed E-state index contributed by atoms with van der Waals surface area (Å²) < 4.78 is 5.37. The zero-order valence-electron chi connectivity index (χ0n) is 11.2. The first kappa shape index (κ1) is 13.1. The third kappa shape index (κ3) is 2.40. The highest BCUT2D eigenvalue weighted by Crippen LogP contribution is 2.26. The van der Waals surface area contributed by atoms with Crippen LogP contribution in [0.3, 0.4) is 0 Å². The summed E-state index contributed by atoms with van der Waals surface area (Å²) in [5.41, 5.74) is 10.1. The highest BCUT2D eigenvalue weighted by molar-refractivity contribution is 5.95. The van der Waals surface area contributed by atoms with Gasteiger partial charge in [0.1, 0.15) is 6.61 Å². The van der Waals surface area contributed by atoms with E-state index in [0.717, 1.165) is 11.3 Å². The van der Waals surface area contributed by atoms with E-state index in [0.29, 0.717) is 13.1 Å². The summed E-state index contributed by atoms with van der Waals surface area (Å²) in [4.78, 5) is 13.8. The Morgan fingerprint density at radius 1 is 1.28 bits per heavy atom. The number of morpholine rings is 1. The average molecular weight is 248 g/mol. The van der Waals surface area contributed by atoms with Gasteiger partial charge in [0, 0.05) is 12.2 Å². The summed E-state index contributed by atoms with van der Waals surface area (Å²) in [5.74, 6) is 0.00560. The van der Waals surface area contributed by atoms with Gasteiger partial charge >= 0.3 is 0 Å². The van der Waals surface area contributed by atoms with Gasteiger partial charge in [-0.2, -0.15) is 0 Å². The van der Waals surface area contributed by atoms with Crippen LogP contribution in [0, 0.1) is 20.8 Å². The van der Waals surface area contributed by atoms with Crippen LogP contribution in [-0.4, -0.2) is 31.7 Å². The molecule has 0 spiro atoms. The third-order valence-electron chi connectivity index (χ3n) is 3.50. The fraction of sp³-hybridized carbons (Fsp3) is 0.500. The molecule has 4 heteroatoms. The lowest BCUT2D eigenvalue weighted by molar-refractivity contribution is -0.128. The first-order valence-corrected chi connectivity index (χ1v) is 6.22. The van der Waals surface area contributed by atoms with E-state index in [2.05, 4.69) is 26.0 Å². The molecule has 1 atom stereocenters. The van der Waals surface area contributed by atoms with Crippen molar-refractivity contribution >= 4 is 11.6 Å². The summed E-state index contributed by atoms with van der Waals surface area (Å²) in [6, 6.07) is 4.19. The van der Waals surface area contributed by atoms with Crippen LogP contribution >= 0.6 is 0 Å². The molecule has 1 aliphatic heterocycles. The second-order valence-electron chi connectivity index (χ2n) is 4.90. The highest BCUT2D eigenvalue weighted by Gasteiger charge is 2.27. The molecular weight excluding hydrogens is 228 g/mol. The quantitative estimate of drug-likeness (QED) is 0.858. The second-order valence-corrected chi connectivity index (χ2v) is 4.90. The van der Waals surface area contributed by atoms with Gasteiger partial charge in [-0.05, 0) is 43.5 Å². The second kappa shape index (κ2) is 5.08. The van der Waals surface area contributed by atoms with E-state index < -0.39 is 0 Å². The van der Waals surface area contributed by atoms with Gasteiger partial charge in [0.2, 0.25) is 0 Å². The van der Waals surface area contributed by atoms with Gasteiger partial charge in [0.05, 0.1) is 12.6 Å². The van der Waals surface area contributed by atoms with Crippen LogP contribution in [0.4, 0.5) is 5.69 Å². The van der Waals surface area contributed by atoms with Gasteiger partial charge in [-0.1, -0.05) is 6.07 Å². The number of carbonyl (C=O) groups excluding carboxylic acids is 1. The lowest BCUT2D eigenvalue weighted by Gasteiger charge is -2.33. The van der Waals surface area contributed by atoms with Gasteiger partial charge in [0.15, 0.2) is 0 Å². The van der Waals surface area contributed by atoms with Gasteiger partial charge in [-0.15, -0.1) is 0 Å². The average Bonchev–Trinajstić information content (AvgIpc) is 2.35. The number of ether oxygens (including phenoxy) is 1. The Hall–Kier alpha value is -1.39. The molecule has 0 radical (unpaired) electrons. The minimum Gasteiger partial charge on any atom is -0.365 e. The molecule has 4 nitrogen and oxygen atoms in total. The van der Waals surface area contributed by atoms with Crippen LogP contribution in [0.5, 0.6) is 0 Å². The van der Waals surface area contributed by atoms with Crippen molar-refractivity contribution in [3.8, 4) is 0 Å². The molecule has 1 aromatic carbocycles. The summed E-state index contributed by atoms with van der Waals surface area (Å²) in [6.45, 7) is 7.27. The van der Waals surface area contributed by atoms with Crippen LogP contribution in [0.2, 0.25) is 0 Å². The Kier molecular flexibility index (Phi) is 3.68. The van der Waals surface area contributed by atoms with Crippen molar-refractivity contribution in [1.82, 2.24) is 0 Å². The van der Waals surface area contributed by atoms with E-state index >= 15 is 0 Å². The van der Waals surface area contributed by atoms with Crippen molar-refractivity contribution in [2.45, 2.75) is 26.9 Å². The molecule has 1 unspecified atom stereocenters. The molecule has 18 heavy (non-hydrogen) atoms. The van der Waals surface area contributed by atoms with Crippen LogP contribution in [0.25, 0.3) is 0 Å². The maximum absolute atomic E-state index is 12.0. The maximum atomic E-state index is 12.0. The van der Waals surface area contributed by atoms with Crippen molar-refractivity contribution in [1.29, 1.82) is 0 Å². The smallest absolute Gasteiger partial charge is 0.253 e. The number of nitrogens with zero attached hydrogens (tertiary/aromatic N) is 1. The van der Waals surface area contributed by atoms with Crippen molar-refractivity contribution in [3.05, 3.63) is 28.8 Å². The molecule has 2 N–H and O–H groups in total. The number of amides is 1. The lowest BCUT2D eigenvalue weighted by atomic mass is 10.0. The molecule has 1 aromatic rings. The van der Waals surface area contributed by atoms with E-state index in [1.165, 1.54) is 11.1 Å². The van der Waals surface area contributed by atoms with E-state index in [9.17, 15) is 4.79 Å². The van der Waals surface area contributed by atoms with E-state index in [-0.39, 0.29) is 18.6 Å². The molecule has 0 saturated carbocycles. The molecule has 1 heterocycles. The van der Waals surface area contributed by atoms with E-state index in [1.54, 1.807) is 4.90 Å². The standard InChI is InChI=1S/C14H20N2O2/c1-9-4-11(3)13(5-10(9)2)16-7-12(6-15)18-8-14(16)17/h4-5,12H,6-8,15H2,1-3H3. The zero-order chi connectivity index (χ0) is 13.3. The fourth-order valence-electron chi connectivity index (χ4n) is 2.24. The normalized spacial score (nSPS) is 20.3. The largest absolute Gasteiger partial charge is 0.365 e. The van der Waals surface area contributed by atoms with Crippen LogP contribution < -0.4 is 10.6 Å². The molecule has 0 aromatic heterocycles. The number of benzene rings is 1. The number of rotatable bonds is 2. The fourth-order valence-corrected chi connectivity index (χ4v) is 2.24. The van der Waals surface area contributed by atoms with Gasteiger partial charge in [0.25, 0.3) is 5.91 Å². The number of anilines is 1. The Labute approximate surface area is 108 Å². The van der Waals surface area contributed by atoms with Crippen molar-refractivity contribution in [2.75, 3.05) is 24.6 Å². The third-order valence-corrected chi connectivity index (χ3v) is 3.50. The molecule has 0 bridgehead atoms. The number of aryl methyl sites for hydroxylation is 3. The van der Waals surface area contributed by atoms with Crippen molar-refractivity contribution in [2.24, 2.45) is 5.73 Å².